The number of carbonyl (C=O) groups is 2. The molecular formula is C14H16BrNO3. The molecule has 0 spiro atoms. The van der Waals surface area contributed by atoms with Gasteiger partial charge in [-0.2, -0.15) is 0 Å². The Morgan fingerprint density at radius 3 is 2.53 bits per heavy atom. The van der Waals surface area contributed by atoms with Gasteiger partial charge in [0.05, 0.1) is 0 Å². The summed E-state index contributed by atoms with van der Waals surface area (Å²) >= 11 is 3.37. The minimum absolute atomic E-state index is 0.0329. The summed E-state index contributed by atoms with van der Waals surface area (Å²) in [4.78, 5) is 23.5. The first-order valence-electron chi connectivity index (χ1n) is 6.16. The van der Waals surface area contributed by atoms with Crippen LogP contribution in [-0.2, 0) is 4.79 Å². The Kier molecular flexibility index (Phi) is 3.67. The summed E-state index contributed by atoms with van der Waals surface area (Å²) in [6.07, 6.45) is 1.70. The summed E-state index contributed by atoms with van der Waals surface area (Å²) in [5.74, 6) is -1.28. The lowest BCUT2D eigenvalue weighted by atomic mass is 9.95. The Balaban J connectivity index is 2.20. The highest BCUT2D eigenvalue weighted by atomic mass is 79.9. The number of rotatable bonds is 4. The molecule has 1 unspecified atom stereocenters. The lowest BCUT2D eigenvalue weighted by Gasteiger charge is -2.26. The number of carboxylic acids is 1. The van der Waals surface area contributed by atoms with Gasteiger partial charge in [-0.3, -0.25) is 4.79 Å². The highest BCUT2D eigenvalue weighted by Gasteiger charge is 2.48. The van der Waals surface area contributed by atoms with Gasteiger partial charge in [-0.05, 0) is 56.4 Å². The zero-order chi connectivity index (χ0) is 14.2. The smallest absolute Gasteiger partial charge is 0.329 e. The van der Waals surface area contributed by atoms with E-state index < -0.39 is 11.5 Å². The number of benzene rings is 1. The second kappa shape index (κ2) is 4.96. The largest absolute Gasteiger partial charge is 0.480 e. The molecule has 2 rings (SSSR count). The van der Waals surface area contributed by atoms with Crippen molar-refractivity contribution in [3.8, 4) is 0 Å². The van der Waals surface area contributed by atoms with Gasteiger partial charge in [0, 0.05) is 10.0 Å². The number of aliphatic carboxylic acids is 1. The molecule has 2 N–H and O–H groups in total. The topological polar surface area (TPSA) is 66.4 Å². The number of hydrogen-bond acceptors (Lipinski definition) is 2. The maximum Gasteiger partial charge on any atom is 0.329 e. The Bertz CT molecular complexity index is 539. The normalized spacial score (nSPS) is 17.6. The monoisotopic (exact) mass is 325 g/mol. The predicted molar refractivity (Wildman–Crippen MR) is 75.1 cm³/mol. The molecule has 1 fully saturated rings. The van der Waals surface area contributed by atoms with Crippen LogP contribution in [0.4, 0.5) is 0 Å². The molecule has 0 heterocycles. The molecule has 0 bridgehead atoms. The van der Waals surface area contributed by atoms with Crippen LogP contribution in [0, 0.1) is 12.8 Å². The lowest BCUT2D eigenvalue weighted by Crippen LogP contribution is -2.54. The van der Waals surface area contributed by atoms with Crippen LogP contribution in [0.5, 0.6) is 0 Å². The number of nitrogens with one attached hydrogen (secondary N) is 1. The van der Waals surface area contributed by atoms with Crippen LogP contribution < -0.4 is 5.32 Å². The molecule has 1 atom stereocenters. The maximum absolute atomic E-state index is 12.2. The molecule has 1 saturated carbocycles. The maximum atomic E-state index is 12.2. The molecular weight excluding hydrogens is 310 g/mol. The van der Waals surface area contributed by atoms with Crippen molar-refractivity contribution in [3.63, 3.8) is 0 Å². The summed E-state index contributed by atoms with van der Waals surface area (Å²) in [6.45, 7) is 3.47. The average Bonchev–Trinajstić information content (AvgIpc) is 3.16. The highest BCUT2D eigenvalue weighted by Crippen LogP contribution is 2.39. The fraction of sp³-hybridized carbons (Fsp3) is 0.429. The Hall–Kier alpha value is -1.36. The van der Waals surface area contributed by atoms with Crippen molar-refractivity contribution in [2.24, 2.45) is 5.92 Å². The van der Waals surface area contributed by atoms with E-state index in [0.29, 0.717) is 5.56 Å². The molecule has 1 aliphatic rings. The quantitative estimate of drug-likeness (QED) is 0.894. The van der Waals surface area contributed by atoms with Crippen LogP contribution in [0.2, 0.25) is 0 Å². The molecule has 1 amide bonds. The fourth-order valence-corrected chi connectivity index (χ4v) is 2.33. The van der Waals surface area contributed by atoms with E-state index in [0.717, 1.165) is 22.9 Å². The molecule has 0 aliphatic heterocycles. The lowest BCUT2D eigenvalue weighted by molar-refractivity contribution is -0.144. The third kappa shape index (κ3) is 2.81. The standard InChI is InChI=1S/C14H16BrNO3/c1-8-7-9(3-6-11(8)15)12(17)16-14(2,13(18)19)10-4-5-10/h3,6-7,10H,4-5H2,1-2H3,(H,16,17)(H,18,19). The van der Waals surface area contributed by atoms with Gasteiger partial charge >= 0.3 is 5.97 Å². The van der Waals surface area contributed by atoms with Crippen molar-refractivity contribution < 1.29 is 14.7 Å². The number of hydrogen-bond donors (Lipinski definition) is 2. The van der Waals surface area contributed by atoms with Crippen molar-refractivity contribution in [2.75, 3.05) is 0 Å². The fourth-order valence-electron chi connectivity index (χ4n) is 2.08. The van der Waals surface area contributed by atoms with Crippen molar-refractivity contribution in [2.45, 2.75) is 32.2 Å². The number of amides is 1. The number of halogens is 1. The van der Waals surface area contributed by atoms with Crippen LogP contribution in [0.1, 0.15) is 35.7 Å². The first kappa shape index (κ1) is 14.1. The molecule has 1 aromatic rings. The van der Waals surface area contributed by atoms with E-state index in [1.807, 2.05) is 6.92 Å². The van der Waals surface area contributed by atoms with Gasteiger partial charge in [-0.1, -0.05) is 15.9 Å². The zero-order valence-corrected chi connectivity index (χ0v) is 12.5. The average molecular weight is 326 g/mol. The summed E-state index contributed by atoms with van der Waals surface area (Å²) in [5.41, 5.74) is 0.253. The van der Waals surface area contributed by atoms with Gasteiger partial charge in [0.2, 0.25) is 0 Å². The molecule has 19 heavy (non-hydrogen) atoms. The van der Waals surface area contributed by atoms with Crippen molar-refractivity contribution in [1.29, 1.82) is 0 Å². The van der Waals surface area contributed by atoms with E-state index >= 15 is 0 Å². The zero-order valence-electron chi connectivity index (χ0n) is 10.9. The second-order valence-electron chi connectivity index (χ2n) is 5.20. The number of carbonyl (C=O) groups excluding carboxylic acids is 1. The van der Waals surface area contributed by atoms with Gasteiger partial charge in [0.15, 0.2) is 0 Å². The van der Waals surface area contributed by atoms with Gasteiger partial charge in [0.25, 0.3) is 5.91 Å². The van der Waals surface area contributed by atoms with Gasteiger partial charge in [-0.25, -0.2) is 4.79 Å². The molecule has 0 saturated heterocycles. The number of aryl methyl sites for hydroxylation is 1. The van der Waals surface area contributed by atoms with E-state index in [1.54, 1.807) is 25.1 Å². The minimum atomic E-state index is -1.17. The highest BCUT2D eigenvalue weighted by molar-refractivity contribution is 9.10. The van der Waals surface area contributed by atoms with Crippen LogP contribution in [0.3, 0.4) is 0 Å². The minimum Gasteiger partial charge on any atom is -0.480 e. The Morgan fingerprint density at radius 1 is 1.42 bits per heavy atom. The van der Waals surface area contributed by atoms with Gasteiger partial charge in [-0.15, -0.1) is 0 Å². The van der Waals surface area contributed by atoms with Crippen molar-refractivity contribution in [3.05, 3.63) is 33.8 Å². The van der Waals surface area contributed by atoms with E-state index in [1.165, 1.54) is 0 Å². The molecule has 102 valence electrons. The van der Waals surface area contributed by atoms with Crippen LogP contribution in [-0.4, -0.2) is 22.5 Å². The Labute approximate surface area is 120 Å². The molecule has 4 nitrogen and oxygen atoms in total. The molecule has 0 radical (unpaired) electrons. The van der Waals surface area contributed by atoms with Crippen LogP contribution >= 0.6 is 15.9 Å². The van der Waals surface area contributed by atoms with Crippen molar-refractivity contribution in [1.82, 2.24) is 5.32 Å². The van der Waals surface area contributed by atoms with Crippen LogP contribution in [0.15, 0.2) is 22.7 Å². The second-order valence-corrected chi connectivity index (χ2v) is 6.05. The summed E-state index contributed by atoms with van der Waals surface area (Å²) in [7, 11) is 0. The Morgan fingerprint density at radius 2 is 2.05 bits per heavy atom. The van der Waals surface area contributed by atoms with E-state index in [9.17, 15) is 14.7 Å². The molecule has 0 aromatic heterocycles. The number of carboxylic acid groups (broad SMARTS) is 1. The summed E-state index contributed by atoms with van der Waals surface area (Å²) in [5, 5.41) is 12.0. The van der Waals surface area contributed by atoms with Gasteiger partial charge in [0.1, 0.15) is 5.54 Å². The summed E-state index contributed by atoms with van der Waals surface area (Å²) < 4.78 is 0.923. The van der Waals surface area contributed by atoms with E-state index in [2.05, 4.69) is 21.2 Å². The SMILES string of the molecule is Cc1cc(C(=O)NC(C)(C(=O)O)C2CC2)ccc1Br. The van der Waals surface area contributed by atoms with Crippen molar-refractivity contribution >= 4 is 27.8 Å². The molecule has 5 heteroatoms. The van der Waals surface area contributed by atoms with E-state index in [-0.39, 0.29) is 11.8 Å². The predicted octanol–water partition coefficient (Wildman–Crippen LogP) is 2.74. The molecule has 1 aromatic carbocycles. The van der Waals surface area contributed by atoms with E-state index in [4.69, 9.17) is 0 Å². The molecule has 1 aliphatic carbocycles. The third-order valence-corrected chi connectivity index (χ3v) is 4.52. The summed E-state index contributed by atoms with van der Waals surface area (Å²) in [6, 6.07) is 5.22. The first-order chi connectivity index (χ1) is 8.84. The van der Waals surface area contributed by atoms with Gasteiger partial charge < -0.3 is 10.4 Å². The first-order valence-corrected chi connectivity index (χ1v) is 6.96. The third-order valence-electron chi connectivity index (χ3n) is 3.63. The van der Waals surface area contributed by atoms with Crippen LogP contribution in [0.25, 0.3) is 0 Å².